The number of benzene rings is 2. The molecule has 2 aromatic carbocycles. The highest BCUT2D eigenvalue weighted by Gasteiger charge is 2.30. The number of hydrogen-bond donors (Lipinski definition) is 3. The lowest BCUT2D eigenvalue weighted by Gasteiger charge is -2.28. The maximum absolute atomic E-state index is 12.7. The van der Waals surface area contributed by atoms with Gasteiger partial charge in [-0.1, -0.05) is 11.6 Å². The Balaban J connectivity index is 1.93. The average molecular weight is 430 g/mol. The number of aromatic amines is 1. The third-order valence-electron chi connectivity index (χ3n) is 5.19. The maximum atomic E-state index is 12.7. The minimum Gasteiger partial charge on any atom is -0.494 e. The average Bonchev–Trinajstić information content (AvgIpc) is 2.73. The Bertz CT molecular complexity index is 1220. The largest absolute Gasteiger partial charge is 0.494 e. The molecule has 3 N–H and O–H groups in total. The summed E-state index contributed by atoms with van der Waals surface area (Å²) in [5.74, 6) is 0.652. The second kappa shape index (κ2) is 7.89. The molecule has 0 saturated carbocycles. The first-order valence-electron chi connectivity index (χ1n) is 9.27. The SMILES string of the molecule is COc1cc2c(cc1OC)[C@H](c1c(O)n(-c3ccc(Cl)cc3)c(=O)[nH]c1=O)NCC2. The van der Waals surface area contributed by atoms with E-state index < -0.39 is 23.2 Å². The van der Waals surface area contributed by atoms with E-state index in [-0.39, 0.29) is 5.56 Å². The van der Waals surface area contributed by atoms with Crippen LogP contribution in [0.3, 0.4) is 0 Å². The van der Waals surface area contributed by atoms with E-state index in [4.69, 9.17) is 21.1 Å². The standard InChI is InChI=1S/C21H20ClN3O5/c1-29-15-9-11-7-8-23-18(14(11)10-16(15)30-2)17-19(26)24-21(28)25(20(17)27)13-5-3-12(22)4-6-13/h3-6,9-10,18,23,27H,7-8H2,1-2H3,(H,24,26,28)/t18-/m1/s1. The Morgan fingerprint density at radius 3 is 2.43 bits per heavy atom. The van der Waals surface area contributed by atoms with E-state index in [9.17, 15) is 14.7 Å². The Kier molecular flexibility index (Phi) is 5.27. The van der Waals surface area contributed by atoms with Crippen molar-refractivity contribution < 1.29 is 14.6 Å². The first-order valence-corrected chi connectivity index (χ1v) is 9.64. The number of hydrogen-bond acceptors (Lipinski definition) is 6. The van der Waals surface area contributed by atoms with Gasteiger partial charge in [0, 0.05) is 11.6 Å². The molecule has 0 fully saturated rings. The van der Waals surface area contributed by atoms with Gasteiger partial charge in [0.05, 0.1) is 31.5 Å². The highest BCUT2D eigenvalue weighted by molar-refractivity contribution is 6.30. The number of nitrogens with one attached hydrogen (secondary N) is 2. The van der Waals surface area contributed by atoms with Gasteiger partial charge in [-0.2, -0.15) is 0 Å². The Labute approximate surface area is 176 Å². The van der Waals surface area contributed by atoms with E-state index in [1.54, 1.807) is 37.4 Å². The van der Waals surface area contributed by atoms with E-state index in [1.807, 2.05) is 6.07 Å². The van der Waals surface area contributed by atoms with Crippen LogP contribution in [0.5, 0.6) is 17.4 Å². The van der Waals surface area contributed by atoms with Crippen LogP contribution < -0.4 is 26.0 Å². The molecule has 156 valence electrons. The molecule has 2 heterocycles. The molecule has 8 nitrogen and oxygen atoms in total. The van der Waals surface area contributed by atoms with Crippen LogP contribution in [0, 0.1) is 0 Å². The van der Waals surface area contributed by atoms with Gasteiger partial charge in [0.25, 0.3) is 5.56 Å². The van der Waals surface area contributed by atoms with Crippen LogP contribution in [0.25, 0.3) is 5.69 Å². The van der Waals surface area contributed by atoms with Gasteiger partial charge in [-0.3, -0.25) is 9.78 Å². The van der Waals surface area contributed by atoms with Gasteiger partial charge in [0.15, 0.2) is 11.5 Å². The molecular weight excluding hydrogens is 410 g/mol. The van der Waals surface area contributed by atoms with Crippen LogP contribution in [0.4, 0.5) is 0 Å². The van der Waals surface area contributed by atoms with E-state index in [1.165, 1.54) is 7.11 Å². The molecule has 1 aliphatic rings. The summed E-state index contributed by atoms with van der Waals surface area (Å²) >= 11 is 5.93. The zero-order chi connectivity index (χ0) is 21.4. The number of nitrogens with zero attached hydrogens (tertiary/aromatic N) is 1. The summed E-state index contributed by atoms with van der Waals surface area (Å²) in [6, 6.07) is 9.36. The number of fused-ring (bicyclic) bond motifs is 1. The van der Waals surface area contributed by atoms with Crippen molar-refractivity contribution in [1.82, 2.24) is 14.9 Å². The molecule has 1 aromatic heterocycles. The van der Waals surface area contributed by atoms with Crippen LogP contribution in [0.2, 0.25) is 5.02 Å². The lowest BCUT2D eigenvalue weighted by Crippen LogP contribution is -2.38. The number of halogens is 1. The smallest absolute Gasteiger partial charge is 0.335 e. The van der Waals surface area contributed by atoms with Crippen molar-refractivity contribution in [3.63, 3.8) is 0 Å². The van der Waals surface area contributed by atoms with Crippen LogP contribution in [0.1, 0.15) is 22.7 Å². The first-order chi connectivity index (χ1) is 14.4. The first kappa shape index (κ1) is 20.1. The minimum atomic E-state index is -0.744. The van der Waals surface area contributed by atoms with Crippen molar-refractivity contribution in [2.45, 2.75) is 12.5 Å². The molecule has 4 rings (SSSR count). The van der Waals surface area contributed by atoms with Gasteiger partial charge < -0.3 is 19.9 Å². The summed E-state index contributed by atoms with van der Waals surface area (Å²) in [6.07, 6.45) is 0.710. The number of aromatic nitrogens is 2. The Morgan fingerprint density at radius 2 is 1.77 bits per heavy atom. The highest BCUT2D eigenvalue weighted by atomic mass is 35.5. The van der Waals surface area contributed by atoms with Crippen molar-refractivity contribution in [2.24, 2.45) is 0 Å². The van der Waals surface area contributed by atoms with Gasteiger partial charge >= 0.3 is 5.69 Å². The fourth-order valence-corrected chi connectivity index (χ4v) is 3.90. The molecule has 1 atom stereocenters. The molecule has 0 amide bonds. The summed E-state index contributed by atoms with van der Waals surface area (Å²) in [7, 11) is 3.09. The molecular formula is C21H20ClN3O5. The monoisotopic (exact) mass is 429 g/mol. The second-order valence-corrected chi connectivity index (χ2v) is 7.29. The van der Waals surface area contributed by atoms with Crippen molar-refractivity contribution in [2.75, 3.05) is 20.8 Å². The molecule has 3 aromatic rings. The van der Waals surface area contributed by atoms with Gasteiger partial charge in [-0.25, -0.2) is 9.36 Å². The fourth-order valence-electron chi connectivity index (χ4n) is 3.77. The number of methoxy groups -OCH3 is 2. The predicted molar refractivity (Wildman–Crippen MR) is 112 cm³/mol. The number of H-pyrrole nitrogens is 1. The van der Waals surface area contributed by atoms with Crippen molar-refractivity contribution in [3.05, 3.63) is 78.9 Å². The van der Waals surface area contributed by atoms with E-state index >= 15 is 0 Å². The van der Waals surface area contributed by atoms with Crippen LogP contribution in [-0.4, -0.2) is 35.4 Å². The van der Waals surface area contributed by atoms with Crippen molar-refractivity contribution in [3.8, 4) is 23.1 Å². The molecule has 9 heteroatoms. The molecule has 1 aliphatic heterocycles. The topological polar surface area (TPSA) is 106 Å². The summed E-state index contributed by atoms with van der Waals surface area (Å²) in [5, 5.41) is 14.7. The van der Waals surface area contributed by atoms with Gasteiger partial charge in [-0.15, -0.1) is 0 Å². The normalized spacial score (nSPS) is 15.5. The predicted octanol–water partition coefficient (Wildman–Crippen LogP) is 2.14. The molecule has 0 aliphatic carbocycles. The van der Waals surface area contributed by atoms with Crippen molar-refractivity contribution >= 4 is 11.6 Å². The van der Waals surface area contributed by atoms with Gasteiger partial charge in [-0.05, 0) is 53.9 Å². The zero-order valence-electron chi connectivity index (χ0n) is 16.4. The minimum absolute atomic E-state index is 0.0396. The molecule has 0 unspecified atom stereocenters. The third-order valence-corrected chi connectivity index (χ3v) is 5.45. The van der Waals surface area contributed by atoms with E-state index in [2.05, 4.69) is 10.3 Å². The number of ether oxygens (including phenoxy) is 2. The van der Waals surface area contributed by atoms with E-state index in [0.29, 0.717) is 35.2 Å². The second-order valence-electron chi connectivity index (χ2n) is 6.85. The summed E-state index contributed by atoms with van der Waals surface area (Å²) < 4.78 is 11.8. The van der Waals surface area contributed by atoms with Crippen LogP contribution in [-0.2, 0) is 6.42 Å². The number of rotatable bonds is 4. The summed E-state index contributed by atoms with van der Waals surface area (Å²) in [4.78, 5) is 27.5. The maximum Gasteiger partial charge on any atom is 0.335 e. The molecule has 0 spiro atoms. The lowest BCUT2D eigenvalue weighted by molar-refractivity contribution is 0.352. The van der Waals surface area contributed by atoms with Crippen molar-refractivity contribution in [1.29, 1.82) is 0 Å². The van der Waals surface area contributed by atoms with Crippen LogP contribution in [0.15, 0.2) is 46.0 Å². The zero-order valence-corrected chi connectivity index (χ0v) is 17.1. The fraction of sp³-hybridized carbons (Fsp3) is 0.238. The van der Waals surface area contributed by atoms with Gasteiger partial charge in [0.1, 0.15) is 0 Å². The van der Waals surface area contributed by atoms with Gasteiger partial charge in [0.2, 0.25) is 5.88 Å². The number of aromatic hydroxyl groups is 1. The highest BCUT2D eigenvalue weighted by Crippen LogP contribution is 2.38. The Hall–Kier alpha value is -3.23. The summed E-state index contributed by atoms with van der Waals surface area (Å²) in [6.45, 7) is 0.575. The lowest BCUT2D eigenvalue weighted by atomic mass is 9.90. The molecule has 0 radical (unpaired) electrons. The molecule has 30 heavy (non-hydrogen) atoms. The molecule has 0 bridgehead atoms. The third kappa shape index (κ3) is 3.34. The summed E-state index contributed by atoms with van der Waals surface area (Å²) in [5.41, 5.74) is 0.732. The molecule has 0 saturated heterocycles. The Morgan fingerprint density at radius 1 is 1.10 bits per heavy atom. The van der Waals surface area contributed by atoms with E-state index in [0.717, 1.165) is 15.7 Å². The van der Waals surface area contributed by atoms with Crippen LogP contribution >= 0.6 is 11.6 Å². The quantitative estimate of drug-likeness (QED) is 0.586.